The Hall–Kier alpha value is -2.87. The molecule has 1 atom stereocenters. The van der Waals surface area contributed by atoms with E-state index >= 15 is 0 Å². The number of hydrogen-bond donors (Lipinski definition) is 1. The molecule has 0 aromatic heterocycles. The lowest BCUT2D eigenvalue weighted by molar-refractivity contribution is -0.139. The number of nitrogens with zero attached hydrogens (tertiary/aromatic N) is 2. The molecule has 0 unspecified atom stereocenters. The van der Waals surface area contributed by atoms with Gasteiger partial charge in [-0.05, 0) is 62.9 Å². The van der Waals surface area contributed by atoms with E-state index in [1.807, 2.05) is 58.0 Å². The third-order valence-electron chi connectivity index (χ3n) is 5.33. The second-order valence-corrected chi connectivity index (χ2v) is 10.5. The third-order valence-corrected chi connectivity index (χ3v) is 6.47. The van der Waals surface area contributed by atoms with Crippen LogP contribution in [-0.4, -0.2) is 50.5 Å². The zero-order valence-corrected chi connectivity index (χ0v) is 21.2. The Kier molecular flexibility index (Phi) is 9.05. The maximum atomic E-state index is 13.5. The van der Waals surface area contributed by atoms with Gasteiger partial charge < -0.3 is 10.2 Å². The van der Waals surface area contributed by atoms with E-state index in [4.69, 9.17) is 0 Å². The number of sulfonamides is 1. The lowest BCUT2D eigenvalue weighted by atomic mass is 10.1. The highest BCUT2D eigenvalue weighted by atomic mass is 32.2. The van der Waals surface area contributed by atoms with Gasteiger partial charge in [0.05, 0.1) is 11.9 Å². The molecule has 7 nitrogen and oxygen atoms in total. The average Bonchev–Trinajstić information content (AvgIpc) is 2.71. The Labute approximate surface area is 197 Å². The maximum absolute atomic E-state index is 13.5. The highest BCUT2D eigenvalue weighted by Crippen LogP contribution is 2.22. The second kappa shape index (κ2) is 11.3. The summed E-state index contributed by atoms with van der Waals surface area (Å²) in [5, 5.41) is 2.83. The second-order valence-electron chi connectivity index (χ2n) is 8.59. The van der Waals surface area contributed by atoms with Crippen molar-refractivity contribution >= 4 is 27.5 Å². The first kappa shape index (κ1) is 26.4. The molecule has 180 valence electrons. The van der Waals surface area contributed by atoms with Crippen LogP contribution in [0, 0.1) is 20.8 Å². The molecule has 0 aliphatic heterocycles. The van der Waals surface area contributed by atoms with Crippen LogP contribution in [0.15, 0.2) is 42.5 Å². The van der Waals surface area contributed by atoms with Crippen molar-refractivity contribution in [2.75, 3.05) is 23.7 Å². The van der Waals surface area contributed by atoms with Gasteiger partial charge >= 0.3 is 0 Å². The minimum absolute atomic E-state index is 0.200. The Balaban J connectivity index is 2.40. The number of hydrogen-bond acceptors (Lipinski definition) is 4. The number of aryl methyl sites for hydroxylation is 3. The minimum atomic E-state index is -3.73. The molecule has 0 spiro atoms. The molecule has 0 radical (unpaired) electrons. The Bertz CT molecular complexity index is 1080. The molecule has 2 amide bonds. The fourth-order valence-electron chi connectivity index (χ4n) is 3.69. The fourth-order valence-corrected chi connectivity index (χ4v) is 4.53. The number of carbonyl (C=O) groups excluding carboxylic acids is 2. The van der Waals surface area contributed by atoms with Crippen molar-refractivity contribution in [3.05, 3.63) is 64.7 Å². The standard InChI is InChI=1S/C25H35N3O4S/c1-7-11-26-25(30)21(5)27(16-22-10-8-9-18(2)13-22)24(29)17-28(33(6,31)32)23-14-19(3)12-20(4)15-23/h8-10,12-15,21H,7,11,16-17H2,1-6H3,(H,26,30)/t21-/m0/s1. The van der Waals surface area contributed by atoms with Crippen molar-refractivity contribution in [2.45, 2.75) is 53.6 Å². The van der Waals surface area contributed by atoms with Gasteiger partial charge in [0.15, 0.2) is 0 Å². The summed E-state index contributed by atoms with van der Waals surface area (Å²) in [4.78, 5) is 27.6. The van der Waals surface area contributed by atoms with Gasteiger partial charge in [-0.3, -0.25) is 13.9 Å². The average molecular weight is 474 g/mol. The zero-order chi connectivity index (χ0) is 24.8. The first-order valence-corrected chi connectivity index (χ1v) is 13.0. The van der Waals surface area contributed by atoms with Crippen LogP contribution in [0.3, 0.4) is 0 Å². The van der Waals surface area contributed by atoms with E-state index in [1.54, 1.807) is 19.1 Å². The van der Waals surface area contributed by atoms with E-state index in [0.717, 1.165) is 39.2 Å². The Morgan fingerprint density at radius 3 is 2.18 bits per heavy atom. The van der Waals surface area contributed by atoms with Crippen LogP contribution in [0.1, 0.15) is 42.5 Å². The van der Waals surface area contributed by atoms with E-state index in [1.165, 1.54) is 4.90 Å². The molecule has 2 aromatic carbocycles. The molecule has 1 N–H and O–H groups in total. The number of benzene rings is 2. The molecule has 33 heavy (non-hydrogen) atoms. The monoisotopic (exact) mass is 473 g/mol. The lowest BCUT2D eigenvalue weighted by Gasteiger charge is -2.31. The highest BCUT2D eigenvalue weighted by molar-refractivity contribution is 7.92. The largest absolute Gasteiger partial charge is 0.354 e. The zero-order valence-electron chi connectivity index (χ0n) is 20.4. The van der Waals surface area contributed by atoms with Crippen LogP contribution < -0.4 is 9.62 Å². The van der Waals surface area contributed by atoms with Gasteiger partial charge in [0, 0.05) is 13.1 Å². The van der Waals surface area contributed by atoms with Crippen molar-refractivity contribution in [1.29, 1.82) is 0 Å². The van der Waals surface area contributed by atoms with Crippen LogP contribution in [0.5, 0.6) is 0 Å². The SMILES string of the molecule is CCCNC(=O)[C@H](C)N(Cc1cccc(C)c1)C(=O)CN(c1cc(C)cc(C)c1)S(C)(=O)=O. The molecule has 0 heterocycles. The summed E-state index contributed by atoms with van der Waals surface area (Å²) < 4.78 is 26.4. The van der Waals surface area contributed by atoms with Crippen LogP contribution in [0.4, 0.5) is 5.69 Å². The first-order chi connectivity index (χ1) is 15.4. The van der Waals surface area contributed by atoms with Crippen molar-refractivity contribution in [3.8, 4) is 0 Å². The van der Waals surface area contributed by atoms with E-state index < -0.39 is 22.0 Å². The van der Waals surface area contributed by atoms with Gasteiger partial charge in [-0.2, -0.15) is 0 Å². The first-order valence-electron chi connectivity index (χ1n) is 11.1. The van der Waals surface area contributed by atoms with Gasteiger partial charge in [-0.15, -0.1) is 0 Å². The lowest BCUT2D eigenvalue weighted by Crippen LogP contribution is -2.51. The van der Waals surface area contributed by atoms with Gasteiger partial charge in [-0.1, -0.05) is 42.8 Å². The van der Waals surface area contributed by atoms with E-state index in [-0.39, 0.29) is 19.0 Å². The number of nitrogens with one attached hydrogen (secondary N) is 1. The third kappa shape index (κ3) is 7.60. The van der Waals surface area contributed by atoms with Gasteiger partial charge in [0.25, 0.3) is 0 Å². The molecule has 0 fully saturated rings. The summed E-state index contributed by atoms with van der Waals surface area (Å²) in [6, 6.07) is 12.4. The summed E-state index contributed by atoms with van der Waals surface area (Å²) in [6.07, 6.45) is 1.86. The Morgan fingerprint density at radius 2 is 1.64 bits per heavy atom. The fraction of sp³-hybridized carbons (Fsp3) is 0.440. The molecule has 0 aliphatic carbocycles. The van der Waals surface area contributed by atoms with E-state index in [2.05, 4.69) is 5.32 Å². The number of amides is 2. The van der Waals surface area contributed by atoms with Crippen molar-refractivity contribution < 1.29 is 18.0 Å². The summed E-state index contributed by atoms with van der Waals surface area (Å²) in [5.74, 6) is -0.713. The summed E-state index contributed by atoms with van der Waals surface area (Å²) in [5.41, 5.74) is 4.14. The number of carbonyl (C=O) groups is 2. The number of anilines is 1. The minimum Gasteiger partial charge on any atom is -0.354 e. The number of rotatable bonds is 10. The normalized spacial score (nSPS) is 12.2. The van der Waals surface area contributed by atoms with Crippen molar-refractivity contribution in [3.63, 3.8) is 0 Å². The van der Waals surface area contributed by atoms with Crippen LogP contribution >= 0.6 is 0 Å². The van der Waals surface area contributed by atoms with Gasteiger partial charge in [0.1, 0.15) is 12.6 Å². The van der Waals surface area contributed by atoms with Crippen LogP contribution in [0.2, 0.25) is 0 Å². The van der Waals surface area contributed by atoms with Crippen molar-refractivity contribution in [2.24, 2.45) is 0 Å². The van der Waals surface area contributed by atoms with Crippen LogP contribution in [-0.2, 0) is 26.2 Å². The van der Waals surface area contributed by atoms with Gasteiger partial charge in [-0.25, -0.2) is 8.42 Å². The smallest absolute Gasteiger partial charge is 0.244 e. The van der Waals surface area contributed by atoms with Crippen LogP contribution in [0.25, 0.3) is 0 Å². The molecule has 2 rings (SSSR count). The topological polar surface area (TPSA) is 86.8 Å². The molecule has 2 aromatic rings. The molecular formula is C25H35N3O4S. The van der Waals surface area contributed by atoms with Gasteiger partial charge in [0.2, 0.25) is 21.8 Å². The quantitative estimate of drug-likeness (QED) is 0.574. The molecule has 0 saturated heterocycles. The molecule has 0 aliphatic rings. The summed E-state index contributed by atoms with van der Waals surface area (Å²) >= 11 is 0. The molecule has 0 bridgehead atoms. The highest BCUT2D eigenvalue weighted by Gasteiger charge is 2.30. The maximum Gasteiger partial charge on any atom is 0.244 e. The Morgan fingerprint density at radius 1 is 1.00 bits per heavy atom. The van der Waals surface area contributed by atoms with E-state index in [9.17, 15) is 18.0 Å². The molecule has 8 heteroatoms. The molecule has 0 saturated carbocycles. The predicted octanol–water partition coefficient (Wildman–Crippen LogP) is 3.32. The van der Waals surface area contributed by atoms with E-state index in [0.29, 0.717) is 12.2 Å². The predicted molar refractivity (Wildman–Crippen MR) is 133 cm³/mol. The van der Waals surface area contributed by atoms with Crippen molar-refractivity contribution in [1.82, 2.24) is 10.2 Å². The summed E-state index contributed by atoms with van der Waals surface area (Å²) in [7, 11) is -3.73. The molecular weight excluding hydrogens is 438 g/mol. The summed E-state index contributed by atoms with van der Waals surface area (Å²) in [6.45, 7) is 9.65.